The minimum atomic E-state index is 0.140. The molecule has 2 aromatic heterocycles. The van der Waals surface area contributed by atoms with Gasteiger partial charge in [0.2, 0.25) is 0 Å². The molecule has 1 aromatic carbocycles. The van der Waals surface area contributed by atoms with Gasteiger partial charge in [-0.2, -0.15) is 5.26 Å². The number of nitriles is 1. The number of hydrogen-bond acceptors (Lipinski definition) is 5. The van der Waals surface area contributed by atoms with Gasteiger partial charge in [-0.15, -0.1) is 0 Å². The van der Waals surface area contributed by atoms with Crippen LogP contribution in [0.3, 0.4) is 0 Å². The first-order valence-corrected chi connectivity index (χ1v) is 7.01. The Hall–Kier alpha value is -2.91. The lowest BCUT2D eigenvalue weighted by Gasteiger charge is -2.07. The van der Waals surface area contributed by atoms with Gasteiger partial charge in [0.25, 0.3) is 0 Å². The predicted octanol–water partition coefficient (Wildman–Crippen LogP) is 2.06. The number of aromatic nitrogens is 3. The highest BCUT2D eigenvalue weighted by molar-refractivity contribution is 5.70. The molecule has 3 rings (SSSR count). The summed E-state index contributed by atoms with van der Waals surface area (Å²) in [6.07, 6.45) is 6.01. The summed E-state index contributed by atoms with van der Waals surface area (Å²) in [6.45, 7) is 0.781. The van der Waals surface area contributed by atoms with Gasteiger partial charge < -0.3 is 10.4 Å². The molecule has 22 heavy (non-hydrogen) atoms. The van der Waals surface area contributed by atoms with Crippen molar-refractivity contribution in [2.45, 2.75) is 6.42 Å². The average Bonchev–Trinajstić information content (AvgIpc) is 3.00. The Bertz CT molecular complexity index is 817. The van der Waals surface area contributed by atoms with E-state index in [9.17, 15) is 0 Å². The fourth-order valence-electron chi connectivity index (χ4n) is 2.26. The highest BCUT2D eigenvalue weighted by Gasteiger charge is 2.09. The third-order valence-electron chi connectivity index (χ3n) is 3.37. The highest BCUT2D eigenvalue weighted by atomic mass is 16.3. The van der Waals surface area contributed by atoms with Crippen molar-refractivity contribution in [3.8, 4) is 17.3 Å². The zero-order valence-corrected chi connectivity index (χ0v) is 11.9. The van der Waals surface area contributed by atoms with Crippen LogP contribution >= 0.6 is 0 Å². The SMILES string of the molecule is N#Cc1ccc(-c2cnc3c(NCCCO)nccn23)cc1. The molecule has 6 heteroatoms. The third-order valence-corrected chi connectivity index (χ3v) is 3.37. The molecule has 110 valence electrons. The maximum Gasteiger partial charge on any atom is 0.180 e. The average molecular weight is 293 g/mol. The van der Waals surface area contributed by atoms with E-state index in [0.29, 0.717) is 24.3 Å². The molecule has 0 aliphatic carbocycles. The van der Waals surface area contributed by atoms with E-state index in [1.807, 2.05) is 22.7 Å². The van der Waals surface area contributed by atoms with Crippen LogP contribution in [0.15, 0.2) is 42.9 Å². The molecule has 2 heterocycles. The number of hydrogen-bond donors (Lipinski definition) is 2. The summed E-state index contributed by atoms with van der Waals surface area (Å²) in [5, 5.41) is 20.9. The number of rotatable bonds is 5. The topological polar surface area (TPSA) is 86.2 Å². The van der Waals surface area contributed by atoms with Gasteiger partial charge in [0.1, 0.15) is 0 Å². The van der Waals surface area contributed by atoms with Crippen molar-refractivity contribution in [1.82, 2.24) is 14.4 Å². The molecular formula is C16H15N5O. The van der Waals surface area contributed by atoms with E-state index in [4.69, 9.17) is 10.4 Å². The molecule has 0 fully saturated rings. The molecule has 3 aromatic rings. The molecule has 0 aliphatic heterocycles. The molecular weight excluding hydrogens is 278 g/mol. The van der Waals surface area contributed by atoms with Crippen LogP contribution in [0.25, 0.3) is 16.9 Å². The van der Waals surface area contributed by atoms with Crippen molar-refractivity contribution >= 4 is 11.5 Å². The molecule has 2 N–H and O–H groups in total. The minimum Gasteiger partial charge on any atom is -0.396 e. The van der Waals surface area contributed by atoms with E-state index in [-0.39, 0.29) is 6.61 Å². The highest BCUT2D eigenvalue weighted by Crippen LogP contribution is 2.23. The number of nitrogens with zero attached hydrogens (tertiary/aromatic N) is 4. The van der Waals surface area contributed by atoms with Crippen molar-refractivity contribution in [1.29, 1.82) is 5.26 Å². The van der Waals surface area contributed by atoms with Gasteiger partial charge in [0, 0.05) is 31.1 Å². The van der Waals surface area contributed by atoms with Crippen molar-refractivity contribution in [3.63, 3.8) is 0 Å². The van der Waals surface area contributed by atoms with Crippen LogP contribution in [-0.4, -0.2) is 32.6 Å². The summed E-state index contributed by atoms with van der Waals surface area (Å²) in [7, 11) is 0. The summed E-state index contributed by atoms with van der Waals surface area (Å²) in [4.78, 5) is 8.72. The largest absolute Gasteiger partial charge is 0.396 e. The van der Waals surface area contributed by atoms with Crippen molar-refractivity contribution in [3.05, 3.63) is 48.4 Å². The lowest BCUT2D eigenvalue weighted by molar-refractivity contribution is 0.292. The zero-order chi connectivity index (χ0) is 15.4. The fraction of sp³-hybridized carbons (Fsp3) is 0.188. The van der Waals surface area contributed by atoms with Crippen LogP contribution in [0.2, 0.25) is 0 Å². The second-order valence-corrected chi connectivity index (χ2v) is 4.81. The second-order valence-electron chi connectivity index (χ2n) is 4.81. The Morgan fingerprint density at radius 3 is 2.77 bits per heavy atom. The van der Waals surface area contributed by atoms with E-state index >= 15 is 0 Å². The van der Waals surface area contributed by atoms with E-state index in [1.54, 1.807) is 24.5 Å². The second kappa shape index (κ2) is 6.24. The summed E-state index contributed by atoms with van der Waals surface area (Å²) < 4.78 is 1.95. The van der Waals surface area contributed by atoms with E-state index in [2.05, 4.69) is 21.4 Å². The number of aliphatic hydroxyl groups is 1. The lowest BCUT2D eigenvalue weighted by Crippen LogP contribution is -2.06. The number of imidazole rings is 1. The molecule has 6 nitrogen and oxygen atoms in total. The van der Waals surface area contributed by atoms with Gasteiger partial charge in [-0.05, 0) is 18.6 Å². The summed E-state index contributed by atoms with van der Waals surface area (Å²) in [6, 6.07) is 9.50. The zero-order valence-electron chi connectivity index (χ0n) is 11.9. The van der Waals surface area contributed by atoms with E-state index in [1.165, 1.54) is 0 Å². The molecule has 0 bridgehead atoms. The first-order valence-electron chi connectivity index (χ1n) is 7.01. The maximum absolute atomic E-state index is 8.87. The standard InChI is InChI=1S/C16H15N5O/c17-10-12-2-4-13(5-3-12)14-11-20-16-15(18-6-1-9-22)19-7-8-21(14)16/h2-5,7-8,11,22H,1,6,9H2,(H,18,19). The number of anilines is 1. The Morgan fingerprint density at radius 2 is 2.05 bits per heavy atom. The molecule has 0 saturated heterocycles. The Kier molecular flexibility index (Phi) is 3.99. The molecule has 0 spiro atoms. The quantitative estimate of drug-likeness (QED) is 0.703. The monoisotopic (exact) mass is 293 g/mol. The number of nitrogens with one attached hydrogen (secondary N) is 1. The first-order chi connectivity index (χ1) is 10.8. The van der Waals surface area contributed by atoms with Gasteiger partial charge in [0.05, 0.1) is 23.5 Å². The van der Waals surface area contributed by atoms with Crippen molar-refractivity contribution < 1.29 is 5.11 Å². The summed E-state index contributed by atoms with van der Waals surface area (Å²) in [5.41, 5.74) is 3.29. The molecule has 0 saturated carbocycles. The molecule has 0 amide bonds. The van der Waals surface area contributed by atoms with Crippen LogP contribution in [0.4, 0.5) is 5.82 Å². The van der Waals surface area contributed by atoms with Crippen molar-refractivity contribution in [2.75, 3.05) is 18.5 Å². The number of fused-ring (bicyclic) bond motifs is 1. The Balaban J connectivity index is 1.97. The summed E-state index contributed by atoms with van der Waals surface area (Å²) in [5.74, 6) is 0.691. The Morgan fingerprint density at radius 1 is 1.23 bits per heavy atom. The number of benzene rings is 1. The third kappa shape index (κ3) is 2.62. The van der Waals surface area contributed by atoms with Gasteiger partial charge >= 0.3 is 0 Å². The first kappa shape index (κ1) is 14.0. The number of aliphatic hydroxyl groups excluding tert-OH is 1. The van der Waals surface area contributed by atoms with E-state index < -0.39 is 0 Å². The fourth-order valence-corrected chi connectivity index (χ4v) is 2.26. The van der Waals surface area contributed by atoms with Crippen LogP contribution in [0, 0.1) is 11.3 Å². The normalized spacial score (nSPS) is 10.5. The maximum atomic E-state index is 8.87. The van der Waals surface area contributed by atoms with Gasteiger partial charge in [-0.3, -0.25) is 4.40 Å². The van der Waals surface area contributed by atoms with Crippen LogP contribution in [-0.2, 0) is 0 Å². The van der Waals surface area contributed by atoms with Gasteiger partial charge in [-0.25, -0.2) is 9.97 Å². The van der Waals surface area contributed by atoms with Gasteiger partial charge in [-0.1, -0.05) is 12.1 Å². The van der Waals surface area contributed by atoms with Crippen LogP contribution in [0.1, 0.15) is 12.0 Å². The van der Waals surface area contributed by atoms with E-state index in [0.717, 1.165) is 16.9 Å². The predicted molar refractivity (Wildman–Crippen MR) is 83.3 cm³/mol. The molecule has 0 unspecified atom stereocenters. The lowest BCUT2D eigenvalue weighted by atomic mass is 10.1. The molecule has 0 radical (unpaired) electrons. The van der Waals surface area contributed by atoms with Crippen LogP contribution in [0.5, 0.6) is 0 Å². The van der Waals surface area contributed by atoms with Crippen molar-refractivity contribution in [2.24, 2.45) is 0 Å². The molecule has 0 atom stereocenters. The molecule has 0 aliphatic rings. The minimum absolute atomic E-state index is 0.140. The van der Waals surface area contributed by atoms with Crippen LogP contribution < -0.4 is 5.32 Å². The van der Waals surface area contributed by atoms with Gasteiger partial charge in [0.15, 0.2) is 11.5 Å². The summed E-state index contributed by atoms with van der Waals surface area (Å²) >= 11 is 0. The smallest absolute Gasteiger partial charge is 0.180 e. The Labute approximate surface area is 127 Å².